The van der Waals surface area contributed by atoms with Gasteiger partial charge >= 0.3 is 5.69 Å². The van der Waals surface area contributed by atoms with E-state index in [0.29, 0.717) is 24.4 Å². The van der Waals surface area contributed by atoms with Gasteiger partial charge in [0.15, 0.2) is 0 Å². The number of carbonyl (C=O) groups is 1. The number of anilines is 1. The van der Waals surface area contributed by atoms with E-state index >= 15 is 0 Å². The highest BCUT2D eigenvalue weighted by molar-refractivity contribution is 5.94. The Bertz CT molecular complexity index is 652. The number of imidazole rings is 1. The highest BCUT2D eigenvalue weighted by atomic mass is 16.5. The van der Waals surface area contributed by atoms with Crippen molar-refractivity contribution in [2.24, 2.45) is 5.92 Å². The van der Waals surface area contributed by atoms with Crippen LogP contribution in [0.25, 0.3) is 11.0 Å². The second kappa shape index (κ2) is 4.89. The number of amides is 1. The molecular weight excluding hydrogens is 246 g/mol. The van der Waals surface area contributed by atoms with E-state index in [0.717, 1.165) is 18.4 Å². The van der Waals surface area contributed by atoms with Gasteiger partial charge in [-0.15, -0.1) is 0 Å². The third-order valence-corrected chi connectivity index (χ3v) is 3.38. The number of aromatic amines is 2. The summed E-state index contributed by atoms with van der Waals surface area (Å²) >= 11 is 0. The molecule has 1 aliphatic rings. The molecule has 1 aromatic carbocycles. The van der Waals surface area contributed by atoms with Crippen LogP contribution in [0.2, 0.25) is 0 Å². The highest BCUT2D eigenvalue weighted by Gasteiger charge is 2.21. The van der Waals surface area contributed by atoms with Crippen LogP contribution in [-0.4, -0.2) is 29.1 Å². The van der Waals surface area contributed by atoms with Crippen molar-refractivity contribution in [3.8, 4) is 0 Å². The molecule has 6 nitrogen and oxygen atoms in total. The standard InChI is InChI=1S/C13H15N3O3/c17-12(8-3-5-19-6-4-8)14-9-1-2-10-11(7-9)16-13(18)15-10/h1-2,7-8H,3-6H2,(H,14,17)(H2,15,16,18). The van der Waals surface area contributed by atoms with Gasteiger partial charge in [-0.25, -0.2) is 4.79 Å². The van der Waals surface area contributed by atoms with Crippen LogP contribution in [0.1, 0.15) is 12.8 Å². The Morgan fingerprint density at radius 2 is 1.95 bits per heavy atom. The highest BCUT2D eigenvalue weighted by Crippen LogP contribution is 2.19. The van der Waals surface area contributed by atoms with Crippen LogP contribution in [0, 0.1) is 5.92 Å². The average molecular weight is 261 g/mol. The lowest BCUT2D eigenvalue weighted by Gasteiger charge is -2.21. The summed E-state index contributed by atoms with van der Waals surface area (Å²) in [5.41, 5.74) is 1.87. The van der Waals surface area contributed by atoms with Crippen LogP contribution >= 0.6 is 0 Å². The normalized spacial score (nSPS) is 16.6. The topological polar surface area (TPSA) is 87.0 Å². The molecule has 3 rings (SSSR count). The van der Waals surface area contributed by atoms with Gasteiger partial charge in [0.25, 0.3) is 0 Å². The SMILES string of the molecule is O=C(Nc1ccc2[nH]c(=O)[nH]c2c1)C1CCOCC1. The summed E-state index contributed by atoms with van der Waals surface area (Å²) in [7, 11) is 0. The average Bonchev–Trinajstić information content (AvgIpc) is 2.79. The summed E-state index contributed by atoms with van der Waals surface area (Å²) in [6.45, 7) is 1.28. The van der Waals surface area contributed by atoms with Crippen LogP contribution in [-0.2, 0) is 9.53 Å². The summed E-state index contributed by atoms with van der Waals surface area (Å²) in [6.07, 6.45) is 1.52. The minimum absolute atomic E-state index is 0.00900. The molecule has 1 fully saturated rings. The van der Waals surface area contributed by atoms with E-state index in [4.69, 9.17) is 4.74 Å². The monoisotopic (exact) mass is 261 g/mol. The minimum atomic E-state index is -0.247. The molecule has 0 radical (unpaired) electrons. The Balaban J connectivity index is 1.76. The summed E-state index contributed by atoms with van der Waals surface area (Å²) in [5, 5.41) is 2.88. The number of hydrogen-bond acceptors (Lipinski definition) is 3. The molecule has 2 aromatic rings. The Labute approximate surface area is 109 Å². The predicted octanol–water partition coefficient (Wildman–Crippen LogP) is 1.22. The van der Waals surface area contributed by atoms with E-state index in [1.807, 2.05) is 0 Å². The molecule has 1 saturated heterocycles. The number of fused-ring (bicyclic) bond motifs is 1. The van der Waals surface area contributed by atoms with Gasteiger partial charge in [-0.1, -0.05) is 0 Å². The molecule has 0 bridgehead atoms. The minimum Gasteiger partial charge on any atom is -0.381 e. The van der Waals surface area contributed by atoms with Gasteiger partial charge in [0, 0.05) is 24.8 Å². The number of hydrogen-bond donors (Lipinski definition) is 3. The van der Waals surface area contributed by atoms with Crippen LogP contribution in [0.4, 0.5) is 5.69 Å². The molecule has 1 amide bonds. The van der Waals surface area contributed by atoms with Crippen LogP contribution in [0.3, 0.4) is 0 Å². The molecule has 0 unspecified atom stereocenters. The zero-order valence-corrected chi connectivity index (χ0v) is 10.4. The molecule has 100 valence electrons. The molecule has 1 aromatic heterocycles. The fourth-order valence-corrected chi connectivity index (χ4v) is 2.31. The van der Waals surface area contributed by atoms with Gasteiger partial charge in [0.05, 0.1) is 11.0 Å². The predicted molar refractivity (Wildman–Crippen MR) is 71.1 cm³/mol. The molecule has 1 aliphatic heterocycles. The number of carbonyl (C=O) groups excluding carboxylic acids is 1. The second-order valence-corrected chi connectivity index (χ2v) is 4.72. The molecular formula is C13H15N3O3. The van der Waals surface area contributed by atoms with Crippen LogP contribution in [0.5, 0.6) is 0 Å². The maximum absolute atomic E-state index is 12.1. The molecule has 0 saturated carbocycles. The number of aromatic nitrogens is 2. The van der Waals surface area contributed by atoms with Gasteiger partial charge in [-0.2, -0.15) is 0 Å². The Kier molecular flexibility index (Phi) is 3.08. The summed E-state index contributed by atoms with van der Waals surface area (Å²) in [6, 6.07) is 5.31. The molecule has 0 atom stereocenters. The fourth-order valence-electron chi connectivity index (χ4n) is 2.31. The van der Waals surface area contributed by atoms with Crippen LogP contribution in [0.15, 0.2) is 23.0 Å². The lowest BCUT2D eigenvalue weighted by molar-refractivity contribution is -0.122. The third-order valence-electron chi connectivity index (χ3n) is 3.38. The van der Waals surface area contributed by atoms with Crippen molar-refractivity contribution in [2.45, 2.75) is 12.8 Å². The first kappa shape index (κ1) is 12.0. The fraction of sp³-hybridized carbons (Fsp3) is 0.385. The first-order chi connectivity index (χ1) is 9.22. The van der Waals surface area contributed by atoms with Crippen molar-refractivity contribution in [2.75, 3.05) is 18.5 Å². The maximum atomic E-state index is 12.1. The van der Waals surface area contributed by atoms with E-state index in [9.17, 15) is 9.59 Å². The van der Waals surface area contributed by atoms with Gasteiger partial charge in [0.1, 0.15) is 0 Å². The smallest absolute Gasteiger partial charge is 0.323 e. The van der Waals surface area contributed by atoms with Gasteiger partial charge < -0.3 is 20.0 Å². The van der Waals surface area contributed by atoms with E-state index in [1.165, 1.54) is 0 Å². The maximum Gasteiger partial charge on any atom is 0.323 e. The number of nitrogens with one attached hydrogen (secondary N) is 3. The first-order valence-electron chi connectivity index (χ1n) is 6.33. The molecule has 3 N–H and O–H groups in total. The third kappa shape index (κ3) is 2.53. The summed E-state index contributed by atoms with van der Waals surface area (Å²) in [4.78, 5) is 28.6. The van der Waals surface area contributed by atoms with Crippen molar-refractivity contribution >= 4 is 22.6 Å². The van der Waals surface area contributed by atoms with Crippen molar-refractivity contribution in [3.05, 3.63) is 28.7 Å². The Hall–Kier alpha value is -2.08. The van der Waals surface area contributed by atoms with Crippen LogP contribution < -0.4 is 11.0 Å². The van der Waals surface area contributed by atoms with Gasteiger partial charge in [-0.05, 0) is 31.0 Å². The van der Waals surface area contributed by atoms with Crippen molar-refractivity contribution in [1.29, 1.82) is 0 Å². The largest absolute Gasteiger partial charge is 0.381 e. The summed E-state index contributed by atoms with van der Waals surface area (Å²) in [5.74, 6) is 0.0234. The Morgan fingerprint density at radius 1 is 1.21 bits per heavy atom. The van der Waals surface area contributed by atoms with E-state index in [2.05, 4.69) is 15.3 Å². The molecule has 19 heavy (non-hydrogen) atoms. The van der Waals surface area contributed by atoms with Crippen molar-refractivity contribution in [3.63, 3.8) is 0 Å². The zero-order valence-electron chi connectivity index (χ0n) is 10.4. The number of benzene rings is 1. The number of rotatable bonds is 2. The van der Waals surface area contributed by atoms with E-state index < -0.39 is 0 Å². The number of ether oxygens (including phenoxy) is 1. The molecule has 0 spiro atoms. The molecule has 0 aliphatic carbocycles. The van der Waals surface area contributed by atoms with Gasteiger partial charge in [-0.3, -0.25) is 4.79 Å². The zero-order chi connectivity index (χ0) is 13.2. The lowest BCUT2D eigenvalue weighted by atomic mass is 9.99. The number of H-pyrrole nitrogens is 2. The first-order valence-corrected chi connectivity index (χ1v) is 6.33. The lowest BCUT2D eigenvalue weighted by Crippen LogP contribution is -2.28. The van der Waals surface area contributed by atoms with Crippen molar-refractivity contribution < 1.29 is 9.53 Å². The Morgan fingerprint density at radius 3 is 2.74 bits per heavy atom. The van der Waals surface area contributed by atoms with Crippen molar-refractivity contribution in [1.82, 2.24) is 9.97 Å². The second-order valence-electron chi connectivity index (χ2n) is 4.72. The quantitative estimate of drug-likeness (QED) is 0.759. The van der Waals surface area contributed by atoms with Gasteiger partial charge in [0.2, 0.25) is 5.91 Å². The van der Waals surface area contributed by atoms with E-state index in [-0.39, 0.29) is 17.5 Å². The summed E-state index contributed by atoms with van der Waals surface area (Å²) < 4.78 is 5.24. The molecule has 2 heterocycles. The molecule has 6 heteroatoms. The van der Waals surface area contributed by atoms with E-state index in [1.54, 1.807) is 18.2 Å².